The van der Waals surface area contributed by atoms with Crippen molar-refractivity contribution in [2.24, 2.45) is 11.7 Å². The summed E-state index contributed by atoms with van der Waals surface area (Å²) >= 11 is 0. The van der Waals surface area contributed by atoms with Crippen molar-refractivity contribution >= 4 is 16.7 Å². The Balaban J connectivity index is 1.77. The van der Waals surface area contributed by atoms with Gasteiger partial charge in [0.15, 0.2) is 0 Å². The van der Waals surface area contributed by atoms with E-state index in [0.29, 0.717) is 18.9 Å². The number of nitrogens with zero attached hydrogens (tertiary/aromatic N) is 1. The normalized spacial score (nSPS) is 18.9. The number of rotatable bonds is 3. The first kappa shape index (κ1) is 14.1. The monoisotopic (exact) mass is 282 g/mol. The van der Waals surface area contributed by atoms with E-state index in [0.717, 1.165) is 31.5 Å². The third kappa shape index (κ3) is 3.08. The number of piperidine rings is 1. The van der Waals surface area contributed by atoms with Gasteiger partial charge >= 0.3 is 0 Å². The van der Waals surface area contributed by atoms with Crippen molar-refractivity contribution in [3.05, 3.63) is 48.0 Å². The molecule has 3 heteroatoms. The van der Waals surface area contributed by atoms with Gasteiger partial charge in [0, 0.05) is 13.1 Å². The lowest BCUT2D eigenvalue weighted by Gasteiger charge is -2.32. The van der Waals surface area contributed by atoms with Gasteiger partial charge in [0.25, 0.3) is 0 Å². The van der Waals surface area contributed by atoms with Crippen LogP contribution >= 0.6 is 0 Å². The molecule has 0 saturated carbocycles. The molecule has 21 heavy (non-hydrogen) atoms. The minimum absolute atomic E-state index is 0.226. The molecule has 110 valence electrons. The zero-order chi connectivity index (χ0) is 14.7. The van der Waals surface area contributed by atoms with Gasteiger partial charge in [0.05, 0.1) is 6.42 Å². The molecule has 3 rings (SSSR count). The maximum absolute atomic E-state index is 12.6. The van der Waals surface area contributed by atoms with Crippen LogP contribution in [0.15, 0.2) is 42.5 Å². The number of nitrogens with two attached hydrogens (primary N) is 1. The molecule has 0 radical (unpaired) electrons. The van der Waals surface area contributed by atoms with Crippen molar-refractivity contribution in [3.63, 3.8) is 0 Å². The second kappa shape index (κ2) is 6.27. The Kier molecular flexibility index (Phi) is 4.20. The fourth-order valence-corrected chi connectivity index (χ4v) is 3.21. The number of hydrogen-bond acceptors (Lipinski definition) is 2. The second-order valence-corrected chi connectivity index (χ2v) is 5.90. The first-order valence-corrected chi connectivity index (χ1v) is 7.72. The van der Waals surface area contributed by atoms with Crippen molar-refractivity contribution in [2.45, 2.75) is 19.3 Å². The Labute approximate surface area is 125 Å². The van der Waals surface area contributed by atoms with Crippen LogP contribution in [0.3, 0.4) is 0 Å². The topological polar surface area (TPSA) is 46.3 Å². The Morgan fingerprint density at radius 3 is 2.86 bits per heavy atom. The number of carbonyl (C=O) groups is 1. The maximum Gasteiger partial charge on any atom is 0.227 e. The van der Waals surface area contributed by atoms with E-state index < -0.39 is 0 Å². The van der Waals surface area contributed by atoms with E-state index in [2.05, 4.69) is 24.3 Å². The first-order valence-electron chi connectivity index (χ1n) is 7.72. The molecule has 1 aliphatic heterocycles. The maximum atomic E-state index is 12.6. The molecule has 2 N–H and O–H groups in total. The van der Waals surface area contributed by atoms with Gasteiger partial charge < -0.3 is 10.6 Å². The van der Waals surface area contributed by atoms with Crippen LogP contribution in [0.25, 0.3) is 10.8 Å². The summed E-state index contributed by atoms with van der Waals surface area (Å²) < 4.78 is 0. The fraction of sp³-hybridized carbons (Fsp3) is 0.389. The average Bonchev–Trinajstić information content (AvgIpc) is 2.55. The quantitative estimate of drug-likeness (QED) is 0.940. The minimum atomic E-state index is 0.226. The smallest absolute Gasteiger partial charge is 0.227 e. The van der Waals surface area contributed by atoms with Gasteiger partial charge in [0.2, 0.25) is 5.91 Å². The lowest BCUT2D eigenvalue weighted by Crippen LogP contribution is -2.42. The Bertz CT molecular complexity index is 633. The number of hydrogen-bond donors (Lipinski definition) is 1. The van der Waals surface area contributed by atoms with E-state index in [1.54, 1.807) is 0 Å². The molecule has 1 aliphatic rings. The molecule has 2 aromatic rings. The Morgan fingerprint density at radius 2 is 2.00 bits per heavy atom. The number of benzene rings is 2. The van der Waals surface area contributed by atoms with Gasteiger partial charge in [-0.15, -0.1) is 0 Å². The van der Waals surface area contributed by atoms with Gasteiger partial charge in [-0.1, -0.05) is 42.5 Å². The molecule has 0 aromatic heterocycles. The van der Waals surface area contributed by atoms with Crippen LogP contribution < -0.4 is 5.73 Å². The molecule has 2 aromatic carbocycles. The van der Waals surface area contributed by atoms with E-state index in [-0.39, 0.29) is 5.91 Å². The average molecular weight is 282 g/mol. The predicted octanol–water partition coefficient (Wildman–Crippen LogP) is 2.58. The molecule has 1 unspecified atom stereocenters. The SMILES string of the molecule is NCC1CCCN(C(=O)Cc2cccc3ccccc23)C1. The highest BCUT2D eigenvalue weighted by Crippen LogP contribution is 2.21. The van der Waals surface area contributed by atoms with Crippen LogP contribution in [0.1, 0.15) is 18.4 Å². The number of carbonyl (C=O) groups excluding carboxylic acids is 1. The van der Waals surface area contributed by atoms with Gasteiger partial charge in [-0.05, 0) is 41.6 Å². The van der Waals surface area contributed by atoms with E-state index in [1.807, 2.05) is 23.1 Å². The van der Waals surface area contributed by atoms with Gasteiger partial charge in [0.1, 0.15) is 0 Å². The van der Waals surface area contributed by atoms with Crippen LogP contribution in [0.4, 0.5) is 0 Å². The molecule has 1 atom stereocenters. The summed E-state index contributed by atoms with van der Waals surface area (Å²) in [5, 5.41) is 2.38. The number of likely N-dealkylation sites (tertiary alicyclic amines) is 1. The second-order valence-electron chi connectivity index (χ2n) is 5.90. The van der Waals surface area contributed by atoms with Crippen molar-refractivity contribution in [2.75, 3.05) is 19.6 Å². The van der Waals surface area contributed by atoms with Gasteiger partial charge in [-0.2, -0.15) is 0 Å². The fourth-order valence-electron chi connectivity index (χ4n) is 3.21. The van der Waals surface area contributed by atoms with Crippen molar-refractivity contribution in [1.29, 1.82) is 0 Å². The van der Waals surface area contributed by atoms with Crippen LogP contribution in [-0.2, 0) is 11.2 Å². The molecule has 0 aliphatic carbocycles. The lowest BCUT2D eigenvalue weighted by molar-refractivity contribution is -0.132. The van der Waals surface area contributed by atoms with Crippen LogP contribution in [0, 0.1) is 5.92 Å². The van der Waals surface area contributed by atoms with E-state index in [9.17, 15) is 4.79 Å². The molecule has 1 saturated heterocycles. The third-order valence-corrected chi connectivity index (χ3v) is 4.43. The number of amides is 1. The van der Waals surface area contributed by atoms with Crippen LogP contribution in [0.5, 0.6) is 0 Å². The summed E-state index contributed by atoms with van der Waals surface area (Å²) in [5.74, 6) is 0.694. The molecule has 1 heterocycles. The summed E-state index contributed by atoms with van der Waals surface area (Å²) in [5.41, 5.74) is 6.87. The highest BCUT2D eigenvalue weighted by molar-refractivity contribution is 5.90. The van der Waals surface area contributed by atoms with E-state index in [4.69, 9.17) is 5.73 Å². The summed E-state index contributed by atoms with van der Waals surface area (Å²) in [6.07, 6.45) is 2.70. The van der Waals surface area contributed by atoms with Crippen molar-refractivity contribution in [3.8, 4) is 0 Å². The highest BCUT2D eigenvalue weighted by atomic mass is 16.2. The lowest BCUT2D eigenvalue weighted by atomic mass is 9.97. The summed E-state index contributed by atoms with van der Waals surface area (Å²) in [6.45, 7) is 2.37. The van der Waals surface area contributed by atoms with Gasteiger partial charge in [-0.3, -0.25) is 4.79 Å². The van der Waals surface area contributed by atoms with E-state index in [1.165, 1.54) is 10.8 Å². The van der Waals surface area contributed by atoms with Crippen molar-refractivity contribution in [1.82, 2.24) is 4.90 Å². The molecule has 1 fully saturated rings. The molecular formula is C18H22N2O. The standard InChI is InChI=1S/C18H22N2O/c19-12-14-5-4-10-20(13-14)18(21)11-16-8-3-7-15-6-1-2-9-17(15)16/h1-3,6-9,14H,4-5,10-13,19H2. The molecule has 0 spiro atoms. The molecular weight excluding hydrogens is 260 g/mol. The van der Waals surface area contributed by atoms with Crippen LogP contribution in [0.2, 0.25) is 0 Å². The largest absolute Gasteiger partial charge is 0.342 e. The predicted molar refractivity (Wildman–Crippen MR) is 86.0 cm³/mol. The summed E-state index contributed by atoms with van der Waals surface area (Å²) in [6, 6.07) is 14.4. The molecule has 1 amide bonds. The summed E-state index contributed by atoms with van der Waals surface area (Å²) in [7, 11) is 0. The van der Waals surface area contributed by atoms with Crippen molar-refractivity contribution < 1.29 is 4.79 Å². The summed E-state index contributed by atoms with van der Waals surface area (Å²) in [4.78, 5) is 14.5. The first-order chi connectivity index (χ1) is 10.3. The Morgan fingerprint density at radius 1 is 1.19 bits per heavy atom. The minimum Gasteiger partial charge on any atom is -0.342 e. The van der Waals surface area contributed by atoms with E-state index >= 15 is 0 Å². The zero-order valence-electron chi connectivity index (χ0n) is 12.3. The molecule has 0 bridgehead atoms. The third-order valence-electron chi connectivity index (χ3n) is 4.43. The van der Waals surface area contributed by atoms with Gasteiger partial charge in [-0.25, -0.2) is 0 Å². The molecule has 3 nitrogen and oxygen atoms in total. The zero-order valence-corrected chi connectivity index (χ0v) is 12.3. The highest BCUT2D eigenvalue weighted by Gasteiger charge is 2.22. The number of fused-ring (bicyclic) bond motifs is 1. The Hall–Kier alpha value is -1.87. The van der Waals surface area contributed by atoms with Crippen LogP contribution in [-0.4, -0.2) is 30.4 Å².